The second-order valence-electron chi connectivity index (χ2n) is 3.98. The van der Waals surface area contributed by atoms with Gasteiger partial charge in [-0.05, 0) is 18.2 Å². The number of para-hydroxylation sites is 1. The summed E-state index contributed by atoms with van der Waals surface area (Å²) >= 11 is 0. The maximum absolute atomic E-state index is 13.3. The zero-order valence-electron chi connectivity index (χ0n) is 10.0. The fourth-order valence-corrected chi connectivity index (χ4v) is 1.60. The average molecular weight is 273 g/mol. The Balaban J connectivity index is 2.12. The molecule has 7 heteroatoms. The number of hydrogen-bond donors (Lipinski definition) is 1. The summed E-state index contributed by atoms with van der Waals surface area (Å²) in [5, 5.41) is 6.11. The van der Waals surface area contributed by atoms with Crippen LogP contribution in [0.3, 0.4) is 0 Å². The molecule has 0 spiro atoms. The molecule has 0 bridgehead atoms. The molecule has 1 N–H and O–H groups in total. The summed E-state index contributed by atoms with van der Waals surface area (Å²) in [5.74, 6) is -0.458. The van der Waals surface area contributed by atoms with Crippen molar-refractivity contribution in [2.24, 2.45) is 7.05 Å². The van der Waals surface area contributed by atoms with Gasteiger partial charge in [0, 0.05) is 7.05 Å². The van der Waals surface area contributed by atoms with Gasteiger partial charge in [-0.1, -0.05) is 12.1 Å². The molecular weight excluding hydrogens is 262 g/mol. The summed E-state index contributed by atoms with van der Waals surface area (Å²) in [7, 11) is 1.41. The normalized spacial score (nSPS) is 11.6. The molecule has 0 aliphatic rings. The molecule has 2 rings (SSSR count). The van der Waals surface area contributed by atoms with Gasteiger partial charge in [0.15, 0.2) is 5.69 Å². The van der Waals surface area contributed by atoms with Crippen molar-refractivity contribution in [1.29, 1.82) is 0 Å². The number of nitrogens with one attached hydrogen (secondary N) is 1. The molecule has 0 saturated heterocycles. The van der Waals surface area contributed by atoms with Crippen molar-refractivity contribution in [2.45, 2.75) is 12.7 Å². The highest BCUT2D eigenvalue weighted by Gasteiger charge is 2.34. The fourth-order valence-electron chi connectivity index (χ4n) is 1.60. The van der Waals surface area contributed by atoms with Gasteiger partial charge >= 0.3 is 6.18 Å². The summed E-state index contributed by atoms with van der Waals surface area (Å²) in [6, 6.07) is 6.89. The third kappa shape index (κ3) is 3.04. The number of aromatic nitrogens is 2. The first kappa shape index (κ1) is 13.4. The van der Waals surface area contributed by atoms with Gasteiger partial charge in [-0.3, -0.25) is 4.68 Å². The smallest absolute Gasteiger partial charge is 0.377 e. The summed E-state index contributed by atoms with van der Waals surface area (Å²) < 4.78 is 51.8. The van der Waals surface area contributed by atoms with Crippen LogP contribution in [-0.2, 0) is 19.8 Å². The van der Waals surface area contributed by atoms with Crippen LogP contribution in [0.15, 0.2) is 30.3 Å². The standard InChI is InChI=1S/C12H11F4N3/c1-19-8(6-11(18-19)12(14,15)16)7-17-10-5-3-2-4-9(10)13/h2-6,17H,7H2,1H3. The summed E-state index contributed by atoms with van der Waals surface area (Å²) in [5.41, 5.74) is -0.409. The molecule has 3 nitrogen and oxygen atoms in total. The van der Waals surface area contributed by atoms with E-state index in [2.05, 4.69) is 10.4 Å². The molecule has 0 aliphatic heterocycles. The summed E-state index contributed by atoms with van der Waals surface area (Å²) in [4.78, 5) is 0. The highest BCUT2D eigenvalue weighted by molar-refractivity contribution is 5.44. The molecule has 0 atom stereocenters. The second kappa shape index (κ2) is 4.91. The molecule has 0 aliphatic carbocycles. The minimum Gasteiger partial charge on any atom is -0.377 e. The van der Waals surface area contributed by atoms with Gasteiger partial charge in [-0.15, -0.1) is 0 Å². The van der Waals surface area contributed by atoms with Gasteiger partial charge in [-0.25, -0.2) is 4.39 Å². The molecule has 102 valence electrons. The third-order valence-electron chi connectivity index (χ3n) is 2.60. The molecular formula is C12H11F4N3. The zero-order chi connectivity index (χ0) is 14.0. The molecule has 0 saturated carbocycles. The van der Waals surface area contributed by atoms with Crippen LogP contribution in [0.2, 0.25) is 0 Å². The van der Waals surface area contributed by atoms with Crippen molar-refractivity contribution in [3.63, 3.8) is 0 Å². The van der Waals surface area contributed by atoms with Crippen LogP contribution in [0.5, 0.6) is 0 Å². The van der Waals surface area contributed by atoms with E-state index in [9.17, 15) is 17.6 Å². The second-order valence-corrected chi connectivity index (χ2v) is 3.98. The van der Waals surface area contributed by atoms with Crippen molar-refractivity contribution >= 4 is 5.69 Å². The molecule has 2 aromatic rings. The minimum absolute atomic E-state index is 0.0561. The van der Waals surface area contributed by atoms with Gasteiger partial charge in [0.05, 0.1) is 17.9 Å². The Hall–Kier alpha value is -2.05. The van der Waals surface area contributed by atoms with E-state index in [1.54, 1.807) is 6.07 Å². The van der Waals surface area contributed by atoms with Crippen LogP contribution in [0.4, 0.5) is 23.2 Å². The predicted molar refractivity (Wildman–Crippen MR) is 61.9 cm³/mol. The number of anilines is 1. The first-order valence-electron chi connectivity index (χ1n) is 5.46. The topological polar surface area (TPSA) is 29.9 Å². The highest BCUT2D eigenvalue weighted by Crippen LogP contribution is 2.28. The monoisotopic (exact) mass is 273 g/mol. The van der Waals surface area contributed by atoms with E-state index in [0.717, 1.165) is 10.7 Å². The van der Waals surface area contributed by atoms with Crippen molar-refractivity contribution in [3.05, 3.63) is 47.5 Å². The first-order chi connectivity index (χ1) is 8.88. The van der Waals surface area contributed by atoms with E-state index in [4.69, 9.17) is 0 Å². The van der Waals surface area contributed by atoms with Gasteiger partial charge in [0.1, 0.15) is 5.82 Å². The van der Waals surface area contributed by atoms with E-state index in [0.29, 0.717) is 5.69 Å². The van der Waals surface area contributed by atoms with Gasteiger partial charge in [-0.2, -0.15) is 18.3 Å². The highest BCUT2D eigenvalue weighted by atomic mass is 19.4. The quantitative estimate of drug-likeness (QED) is 0.870. The lowest BCUT2D eigenvalue weighted by Gasteiger charge is -2.07. The fraction of sp³-hybridized carbons (Fsp3) is 0.250. The molecule has 1 aromatic carbocycles. The van der Waals surface area contributed by atoms with E-state index in [-0.39, 0.29) is 12.2 Å². The lowest BCUT2D eigenvalue weighted by molar-refractivity contribution is -0.141. The van der Waals surface area contributed by atoms with Crippen molar-refractivity contribution < 1.29 is 17.6 Å². The molecule has 0 amide bonds. The first-order valence-corrected chi connectivity index (χ1v) is 5.46. The number of nitrogens with zero attached hydrogens (tertiary/aromatic N) is 2. The number of halogens is 4. The molecule has 0 fully saturated rings. The zero-order valence-corrected chi connectivity index (χ0v) is 10.0. The Morgan fingerprint density at radius 3 is 2.53 bits per heavy atom. The molecule has 0 unspecified atom stereocenters. The van der Waals surface area contributed by atoms with Crippen molar-refractivity contribution in [2.75, 3.05) is 5.32 Å². The van der Waals surface area contributed by atoms with Crippen molar-refractivity contribution in [3.8, 4) is 0 Å². The number of rotatable bonds is 3. The Bertz CT molecular complexity index is 575. The summed E-state index contributed by atoms with van der Waals surface area (Å²) in [6.07, 6.45) is -4.48. The number of hydrogen-bond acceptors (Lipinski definition) is 2. The van der Waals surface area contributed by atoms with E-state index in [1.165, 1.54) is 25.2 Å². The van der Waals surface area contributed by atoms with Crippen LogP contribution in [0.1, 0.15) is 11.4 Å². The number of benzene rings is 1. The maximum Gasteiger partial charge on any atom is 0.435 e. The molecule has 0 radical (unpaired) electrons. The van der Waals surface area contributed by atoms with Gasteiger partial charge in [0.25, 0.3) is 0 Å². The summed E-state index contributed by atoms with van der Waals surface area (Å²) in [6.45, 7) is 0.0561. The van der Waals surface area contributed by atoms with E-state index < -0.39 is 17.7 Å². The van der Waals surface area contributed by atoms with Crippen molar-refractivity contribution in [1.82, 2.24) is 9.78 Å². The van der Waals surface area contributed by atoms with Crippen LogP contribution >= 0.6 is 0 Å². The Labute approximate surface area is 106 Å². The molecule has 1 aromatic heterocycles. The largest absolute Gasteiger partial charge is 0.435 e. The van der Waals surface area contributed by atoms with Crippen LogP contribution < -0.4 is 5.32 Å². The third-order valence-corrected chi connectivity index (χ3v) is 2.60. The Kier molecular flexibility index (Phi) is 3.46. The minimum atomic E-state index is -4.48. The Morgan fingerprint density at radius 2 is 1.95 bits per heavy atom. The van der Waals surface area contributed by atoms with Crippen LogP contribution in [-0.4, -0.2) is 9.78 Å². The molecule has 1 heterocycles. The maximum atomic E-state index is 13.3. The SMILES string of the molecule is Cn1nc(C(F)(F)F)cc1CNc1ccccc1F. The lowest BCUT2D eigenvalue weighted by Crippen LogP contribution is -2.07. The number of aryl methyl sites for hydroxylation is 1. The predicted octanol–water partition coefficient (Wildman–Crippen LogP) is 3.19. The van der Waals surface area contributed by atoms with Gasteiger partial charge < -0.3 is 5.32 Å². The van der Waals surface area contributed by atoms with E-state index >= 15 is 0 Å². The van der Waals surface area contributed by atoms with E-state index in [1.807, 2.05) is 0 Å². The van der Waals surface area contributed by atoms with Crippen LogP contribution in [0.25, 0.3) is 0 Å². The number of alkyl halides is 3. The average Bonchev–Trinajstić information content (AvgIpc) is 2.70. The van der Waals surface area contributed by atoms with Crippen LogP contribution in [0, 0.1) is 5.82 Å². The molecule has 19 heavy (non-hydrogen) atoms. The Morgan fingerprint density at radius 1 is 1.26 bits per heavy atom. The lowest BCUT2D eigenvalue weighted by atomic mass is 10.3. The van der Waals surface area contributed by atoms with Gasteiger partial charge in [0.2, 0.25) is 0 Å².